The zero-order chi connectivity index (χ0) is 23.3. The molecule has 0 bridgehead atoms. The number of fused-ring (bicyclic) bond motifs is 2. The summed E-state index contributed by atoms with van der Waals surface area (Å²) in [4.78, 5) is 20.7. The van der Waals surface area contributed by atoms with Crippen LogP contribution in [0.15, 0.2) is 34.9 Å². The Morgan fingerprint density at radius 3 is 2.85 bits per heavy atom. The number of hydrogen-bond acceptors (Lipinski definition) is 8. The molecule has 3 aromatic rings. The minimum atomic E-state index is -0.883. The predicted molar refractivity (Wildman–Crippen MR) is 124 cm³/mol. The summed E-state index contributed by atoms with van der Waals surface area (Å²) < 4.78 is 16.7. The second-order valence-electron chi connectivity index (χ2n) is 8.70. The minimum absolute atomic E-state index is 0.0462. The summed E-state index contributed by atoms with van der Waals surface area (Å²) in [6, 6.07) is 9.80. The molecule has 1 aromatic carbocycles. The molecule has 4 heterocycles. The Morgan fingerprint density at radius 2 is 1.97 bits per heavy atom. The number of ether oxygens (including phenoxy) is 2. The molecule has 2 aromatic heterocycles. The summed E-state index contributed by atoms with van der Waals surface area (Å²) >= 11 is 0. The molecule has 0 saturated heterocycles. The van der Waals surface area contributed by atoms with Crippen LogP contribution in [0.3, 0.4) is 0 Å². The average Bonchev–Trinajstić information content (AvgIpc) is 3.30. The van der Waals surface area contributed by atoms with Gasteiger partial charge in [0.05, 0.1) is 6.42 Å². The lowest BCUT2D eigenvalue weighted by molar-refractivity contribution is -0.137. The van der Waals surface area contributed by atoms with Crippen LogP contribution in [0.5, 0.6) is 11.5 Å². The molecule has 1 unspecified atom stereocenters. The van der Waals surface area contributed by atoms with Crippen molar-refractivity contribution in [1.29, 1.82) is 0 Å². The number of carboxylic acid groups (broad SMARTS) is 1. The maximum absolute atomic E-state index is 11.5. The molecular weight excluding hydrogens is 436 g/mol. The van der Waals surface area contributed by atoms with E-state index in [0.29, 0.717) is 49.3 Å². The Bertz CT molecular complexity index is 1160. The Labute approximate surface area is 197 Å². The quantitative estimate of drug-likeness (QED) is 0.490. The molecule has 34 heavy (non-hydrogen) atoms. The Kier molecular flexibility index (Phi) is 6.60. The molecule has 0 fully saturated rings. The smallest absolute Gasteiger partial charge is 0.303 e. The van der Waals surface area contributed by atoms with Crippen molar-refractivity contribution in [3.63, 3.8) is 0 Å². The highest BCUT2D eigenvalue weighted by molar-refractivity contribution is 5.68. The zero-order valence-corrected chi connectivity index (χ0v) is 19.0. The van der Waals surface area contributed by atoms with Crippen molar-refractivity contribution in [3.05, 3.63) is 58.9 Å². The predicted octanol–water partition coefficient (Wildman–Crippen LogP) is 3.57. The fourth-order valence-electron chi connectivity index (χ4n) is 4.45. The van der Waals surface area contributed by atoms with Crippen LogP contribution in [-0.2, 0) is 30.5 Å². The van der Waals surface area contributed by atoms with E-state index in [4.69, 9.17) is 19.0 Å². The number of hydrogen-bond donors (Lipinski definition) is 2. The Hall–Kier alpha value is -3.62. The lowest BCUT2D eigenvalue weighted by Crippen LogP contribution is -2.16. The summed E-state index contributed by atoms with van der Waals surface area (Å²) in [7, 11) is 0. The van der Waals surface area contributed by atoms with E-state index in [0.717, 1.165) is 49.3 Å². The monoisotopic (exact) mass is 464 g/mol. The van der Waals surface area contributed by atoms with Crippen LogP contribution in [0.1, 0.15) is 53.7 Å². The van der Waals surface area contributed by atoms with Crippen molar-refractivity contribution in [3.8, 4) is 11.5 Å². The van der Waals surface area contributed by atoms with Crippen molar-refractivity contribution in [1.82, 2.24) is 15.1 Å². The van der Waals surface area contributed by atoms with Crippen molar-refractivity contribution in [2.24, 2.45) is 0 Å². The summed E-state index contributed by atoms with van der Waals surface area (Å²) in [6.07, 6.45) is 4.88. The summed E-state index contributed by atoms with van der Waals surface area (Å²) in [5.74, 6) is 2.19. The molecule has 2 aliphatic heterocycles. The maximum Gasteiger partial charge on any atom is 0.303 e. The van der Waals surface area contributed by atoms with Gasteiger partial charge in [-0.15, -0.1) is 0 Å². The molecule has 2 N–H and O–H groups in total. The molecule has 9 heteroatoms. The van der Waals surface area contributed by atoms with E-state index in [2.05, 4.69) is 27.6 Å². The SMILES string of the molecule is O=C(O)CC(Cc1nc(CCCc2ccc3c(n2)NCCC3)no1)c1ccc2c(c1)OCCO2. The first-order valence-electron chi connectivity index (χ1n) is 11.8. The largest absolute Gasteiger partial charge is 0.486 e. The van der Waals surface area contributed by atoms with Crippen molar-refractivity contribution < 1.29 is 23.9 Å². The van der Waals surface area contributed by atoms with Gasteiger partial charge >= 0.3 is 5.97 Å². The van der Waals surface area contributed by atoms with Gasteiger partial charge in [-0.2, -0.15) is 4.98 Å². The summed E-state index contributed by atoms with van der Waals surface area (Å²) in [6.45, 7) is 1.96. The number of nitrogens with one attached hydrogen (secondary N) is 1. The van der Waals surface area contributed by atoms with Crippen LogP contribution in [0.25, 0.3) is 0 Å². The van der Waals surface area contributed by atoms with Gasteiger partial charge in [0.25, 0.3) is 0 Å². The first-order valence-corrected chi connectivity index (χ1v) is 11.8. The normalized spacial score (nSPS) is 15.3. The molecule has 2 aliphatic rings. The number of rotatable bonds is 9. The molecule has 0 aliphatic carbocycles. The fourth-order valence-corrected chi connectivity index (χ4v) is 4.45. The summed E-state index contributed by atoms with van der Waals surface area (Å²) in [5, 5.41) is 16.9. The van der Waals surface area contributed by atoms with Gasteiger partial charge < -0.3 is 24.4 Å². The molecule has 9 nitrogen and oxygen atoms in total. The zero-order valence-electron chi connectivity index (χ0n) is 19.0. The third-order valence-electron chi connectivity index (χ3n) is 6.17. The molecule has 0 saturated carbocycles. The van der Waals surface area contributed by atoms with Crippen molar-refractivity contribution in [2.45, 2.75) is 50.9 Å². The standard InChI is InChI=1S/C25H28N4O5/c30-24(31)15-18(17-7-9-20-21(13-17)33-12-11-32-20)14-23-28-22(29-34-23)5-1-4-19-8-6-16-3-2-10-26-25(16)27-19/h6-9,13,18H,1-5,10-12,14-15H2,(H,26,27)(H,30,31). The number of benzene rings is 1. The van der Waals surface area contributed by atoms with Gasteiger partial charge in [-0.3, -0.25) is 4.79 Å². The van der Waals surface area contributed by atoms with E-state index < -0.39 is 5.97 Å². The van der Waals surface area contributed by atoms with Crippen LogP contribution >= 0.6 is 0 Å². The first kappa shape index (κ1) is 22.2. The number of aromatic nitrogens is 3. The van der Waals surface area contributed by atoms with Crippen LogP contribution < -0.4 is 14.8 Å². The highest BCUT2D eigenvalue weighted by Gasteiger charge is 2.22. The number of nitrogens with zero attached hydrogens (tertiary/aromatic N) is 3. The van der Waals surface area contributed by atoms with E-state index in [1.54, 1.807) is 0 Å². The van der Waals surface area contributed by atoms with Crippen LogP contribution in [0, 0.1) is 0 Å². The van der Waals surface area contributed by atoms with Crippen LogP contribution in [0.4, 0.5) is 5.82 Å². The lowest BCUT2D eigenvalue weighted by atomic mass is 9.92. The third-order valence-corrected chi connectivity index (χ3v) is 6.17. The lowest BCUT2D eigenvalue weighted by Gasteiger charge is -2.21. The van der Waals surface area contributed by atoms with Gasteiger partial charge in [-0.05, 0) is 55.0 Å². The van der Waals surface area contributed by atoms with Gasteiger partial charge in [0.1, 0.15) is 19.0 Å². The Balaban J connectivity index is 1.20. The van der Waals surface area contributed by atoms with Gasteiger partial charge in [0.2, 0.25) is 5.89 Å². The maximum atomic E-state index is 11.5. The second-order valence-corrected chi connectivity index (χ2v) is 8.70. The Morgan fingerprint density at radius 1 is 1.09 bits per heavy atom. The third kappa shape index (κ3) is 5.30. The highest BCUT2D eigenvalue weighted by atomic mass is 16.6. The first-order chi connectivity index (χ1) is 16.6. The number of carbonyl (C=O) groups is 1. The van der Waals surface area contributed by atoms with Gasteiger partial charge in [0.15, 0.2) is 17.3 Å². The fraction of sp³-hybridized carbons (Fsp3) is 0.440. The molecule has 0 spiro atoms. The van der Waals surface area contributed by atoms with E-state index in [9.17, 15) is 9.90 Å². The average molecular weight is 465 g/mol. The number of aliphatic carboxylic acids is 1. The second kappa shape index (κ2) is 10.1. The van der Waals surface area contributed by atoms with Gasteiger partial charge in [-0.25, -0.2) is 4.98 Å². The highest BCUT2D eigenvalue weighted by Crippen LogP contribution is 2.35. The molecule has 0 radical (unpaired) electrons. The van der Waals surface area contributed by atoms with Gasteiger partial charge in [0, 0.05) is 31.0 Å². The molecular formula is C25H28N4O5. The van der Waals surface area contributed by atoms with E-state index in [1.165, 1.54) is 5.56 Å². The molecule has 0 amide bonds. The van der Waals surface area contributed by atoms with E-state index in [1.807, 2.05) is 18.2 Å². The van der Waals surface area contributed by atoms with E-state index in [-0.39, 0.29) is 12.3 Å². The minimum Gasteiger partial charge on any atom is -0.486 e. The van der Waals surface area contributed by atoms with Crippen LogP contribution in [-0.4, -0.2) is 46.0 Å². The van der Waals surface area contributed by atoms with Gasteiger partial charge in [-0.1, -0.05) is 17.3 Å². The summed E-state index contributed by atoms with van der Waals surface area (Å²) in [5.41, 5.74) is 3.18. The van der Waals surface area contributed by atoms with Crippen molar-refractivity contribution in [2.75, 3.05) is 25.1 Å². The van der Waals surface area contributed by atoms with E-state index >= 15 is 0 Å². The number of pyridine rings is 1. The molecule has 178 valence electrons. The molecule has 1 atom stereocenters. The number of aryl methyl sites for hydroxylation is 3. The molecule has 5 rings (SSSR count). The number of carboxylic acids is 1. The topological polar surface area (TPSA) is 120 Å². The van der Waals surface area contributed by atoms with Crippen molar-refractivity contribution >= 4 is 11.8 Å². The van der Waals surface area contributed by atoms with Crippen LogP contribution in [0.2, 0.25) is 0 Å². The number of anilines is 1.